The maximum Gasteiger partial charge on any atom is 0.309 e. The lowest BCUT2D eigenvalue weighted by Crippen LogP contribution is -2.30. The van der Waals surface area contributed by atoms with Crippen molar-refractivity contribution < 1.29 is 28.6 Å². The minimum atomic E-state index is -0.840. The van der Waals surface area contributed by atoms with Gasteiger partial charge in [0, 0.05) is 12.8 Å². The predicted octanol–water partition coefficient (Wildman–Crippen LogP) is 21.7. The Labute approximate surface area is 484 Å². The van der Waals surface area contributed by atoms with E-state index in [9.17, 15) is 14.4 Å². The van der Waals surface area contributed by atoms with Crippen LogP contribution in [0.1, 0.15) is 239 Å². The van der Waals surface area contributed by atoms with Gasteiger partial charge in [-0.3, -0.25) is 14.4 Å². The van der Waals surface area contributed by atoms with E-state index >= 15 is 0 Å². The molecule has 0 fully saturated rings. The van der Waals surface area contributed by atoms with Crippen LogP contribution < -0.4 is 0 Å². The van der Waals surface area contributed by atoms with Gasteiger partial charge in [0.1, 0.15) is 13.2 Å². The van der Waals surface area contributed by atoms with Gasteiger partial charge in [0.05, 0.1) is 6.42 Å². The lowest BCUT2D eigenvalue weighted by atomic mass is 10.1. The molecule has 1 atom stereocenters. The molecule has 0 aromatic heterocycles. The minimum absolute atomic E-state index is 0.114. The summed E-state index contributed by atoms with van der Waals surface area (Å²) in [4.78, 5) is 38.2. The van der Waals surface area contributed by atoms with Gasteiger partial charge in [0.15, 0.2) is 6.10 Å². The molecule has 0 aromatic carbocycles. The Morgan fingerprint density at radius 3 is 0.823 bits per heavy atom. The summed E-state index contributed by atoms with van der Waals surface area (Å²) >= 11 is 0. The van der Waals surface area contributed by atoms with Crippen LogP contribution in [-0.2, 0) is 28.6 Å². The van der Waals surface area contributed by atoms with E-state index in [0.717, 1.165) is 161 Å². The molecule has 0 aromatic rings. The van der Waals surface area contributed by atoms with Gasteiger partial charge in [-0.2, -0.15) is 0 Å². The fourth-order valence-corrected chi connectivity index (χ4v) is 7.86. The highest BCUT2D eigenvalue weighted by molar-refractivity contribution is 5.72. The first kappa shape index (κ1) is 73.5. The van der Waals surface area contributed by atoms with E-state index in [4.69, 9.17) is 14.2 Å². The van der Waals surface area contributed by atoms with E-state index in [1.54, 1.807) is 6.08 Å². The highest BCUT2D eigenvalue weighted by Gasteiger charge is 2.19. The van der Waals surface area contributed by atoms with Crippen molar-refractivity contribution in [2.75, 3.05) is 13.2 Å². The van der Waals surface area contributed by atoms with Crippen LogP contribution in [0, 0.1) is 0 Å². The molecule has 0 aliphatic rings. The van der Waals surface area contributed by atoms with Gasteiger partial charge < -0.3 is 14.2 Å². The summed E-state index contributed by atoms with van der Waals surface area (Å²) in [5.41, 5.74) is 0. The van der Waals surface area contributed by atoms with Gasteiger partial charge in [-0.1, -0.05) is 267 Å². The van der Waals surface area contributed by atoms with Crippen molar-refractivity contribution in [3.63, 3.8) is 0 Å². The van der Waals surface area contributed by atoms with Gasteiger partial charge in [-0.05, 0) is 135 Å². The molecule has 0 saturated carbocycles. The summed E-state index contributed by atoms with van der Waals surface area (Å²) in [6.07, 6.45) is 97.7. The van der Waals surface area contributed by atoms with Crippen molar-refractivity contribution in [3.8, 4) is 0 Å². The summed E-state index contributed by atoms with van der Waals surface area (Å²) in [6.45, 7) is 6.18. The summed E-state index contributed by atoms with van der Waals surface area (Å²) in [6, 6.07) is 0. The second-order valence-corrected chi connectivity index (χ2v) is 19.8. The van der Waals surface area contributed by atoms with Crippen LogP contribution >= 0.6 is 0 Å². The van der Waals surface area contributed by atoms with E-state index in [1.807, 2.05) is 6.08 Å². The zero-order valence-electron chi connectivity index (χ0n) is 50.3. The van der Waals surface area contributed by atoms with Crippen molar-refractivity contribution in [1.82, 2.24) is 0 Å². The highest BCUT2D eigenvalue weighted by atomic mass is 16.6. The molecule has 440 valence electrons. The average Bonchev–Trinajstić information content (AvgIpc) is 3.45. The third-order valence-electron chi connectivity index (χ3n) is 12.4. The van der Waals surface area contributed by atoms with Gasteiger partial charge in [-0.15, -0.1) is 0 Å². The summed E-state index contributed by atoms with van der Waals surface area (Å²) in [5.74, 6) is -1.09. The first-order chi connectivity index (χ1) is 39.0. The van der Waals surface area contributed by atoms with Gasteiger partial charge in [0.25, 0.3) is 0 Å². The van der Waals surface area contributed by atoms with E-state index in [0.29, 0.717) is 6.42 Å². The highest BCUT2D eigenvalue weighted by Crippen LogP contribution is 2.14. The minimum Gasteiger partial charge on any atom is -0.462 e. The van der Waals surface area contributed by atoms with Crippen LogP contribution in [-0.4, -0.2) is 37.2 Å². The number of unbranched alkanes of at least 4 members (excludes halogenated alkanes) is 14. The van der Waals surface area contributed by atoms with Crippen molar-refractivity contribution in [1.29, 1.82) is 0 Å². The maximum absolute atomic E-state index is 12.9. The lowest BCUT2D eigenvalue weighted by Gasteiger charge is -2.18. The van der Waals surface area contributed by atoms with Crippen molar-refractivity contribution in [3.05, 3.63) is 182 Å². The maximum atomic E-state index is 12.9. The quantitative estimate of drug-likeness (QED) is 0.0261. The summed E-state index contributed by atoms with van der Waals surface area (Å²) in [7, 11) is 0. The standard InChI is InChI=1S/C73H112O6/c1-4-7-10-13-16-19-22-25-28-30-31-32-33-34-35-36-37-38-39-40-41-43-45-48-51-54-57-60-63-66-72(75)78-69-70(68-77-71(74)65-62-59-56-53-50-47-44-27-24-21-18-15-12-9-6-3)79-73(76)67-64-61-58-55-52-49-46-42-29-26-23-20-17-14-11-8-5-2/h7-12,16-21,25-29,31-32,34-35,37-38,40-41,44,50,53,59,62,70H,4-6,13-15,22-24,30,33,36,39,42-43,45-49,51-52,54-58,60-61,63-69H2,1-3H3/b10-7-,11-8-,12-9-,19-16-,20-17-,21-18-,28-25-,29-26-,32-31-,35-34-,38-37-,41-40-,44-27-,53-50-,62-59-. The van der Waals surface area contributed by atoms with Crippen LogP contribution in [0.4, 0.5) is 0 Å². The molecule has 6 heteroatoms. The molecule has 6 nitrogen and oxygen atoms in total. The molecule has 0 radical (unpaired) electrons. The molecule has 0 amide bonds. The van der Waals surface area contributed by atoms with Crippen molar-refractivity contribution in [2.45, 2.75) is 245 Å². The second-order valence-electron chi connectivity index (χ2n) is 19.8. The molecular weight excluding hydrogens is 973 g/mol. The topological polar surface area (TPSA) is 78.9 Å². The number of carbonyl (C=O) groups is 3. The van der Waals surface area contributed by atoms with E-state index in [1.165, 1.54) is 38.5 Å². The molecule has 79 heavy (non-hydrogen) atoms. The monoisotopic (exact) mass is 1080 g/mol. The van der Waals surface area contributed by atoms with Gasteiger partial charge in [-0.25, -0.2) is 0 Å². The molecular formula is C73H112O6. The van der Waals surface area contributed by atoms with Crippen LogP contribution in [0.3, 0.4) is 0 Å². The molecule has 0 bridgehead atoms. The molecule has 0 spiro atoms. The Hall–Kier alpha value is -5.49. The Morgan fingerprint density at radius 2 is 0.506 bits per heavy atom. The third-order valence-corrected chi connectivity index (χ3v) is 12.4. The fourth-order valence-electron chi connectivity index (χ4n) is 7.86. The molecule has 0 aliphatic heterocycles. The van der Waals surface area contributed by atoms with Crippen molar-refractivity contribution >= 4 is 17.9 Å². The smallest absolute Gasteiger partial charge is 0.309 e. The SMILES string of the molecule is CC/C=C\C/C=C\C/C=C\C/C=C\C/C=C\C/C=C\C/C=C\CCCCCCCCCC(=O)OCC(COC(=O)C/C=C\C/C=C\C/C=C\C/C=C\C/C=C\CC)OC(=O)CCCCCCCCC/C=C\C/C=C\C/C=C\CC. The number of allylic oxidation sites excluding steroid dienone is 29. The van der Waals surface area contributed by atoms with Gasteiger partial charge >= 0.3 is 17.9 Å². The van der Waals surface area contributed by atoms with Crippen LogP contribution in [0.15, 0.2) is 182 Å². The van der Waals surface area contributed by atoms with Gasteiger partial charge in [0.2, 0.25) is 0 Å². The molecule has 0 saturated heterocycles. The third kappa shape index (κ3) is 63.2. The molecule has 0 heterocycles. The van der Waals surface area contributed by atoms with Crippen molar-refractivity contribution in [2.24, 2.45) is 0 Å². The van der Waals surface area contributed by atoms with Crippen LogP contribution in [0.25, 0.3) is 0 Å². The fraction of sp³-hybridized carbons (Fsp3) is 0.548. The first-order valence-corrected chi connectivity index (χ1v) is 31.3. The van der Waals surface area contributed by atoms with E-state index < -0.39 is 12.1 Å². The molecule has 0 aliphatic carbocycles. The lowest BCUT2D eigenvalue weighted by molar-refractivity contribution is -0.166. The number of rotatable bonds is 54. The average molecular weight is 1090 g/mol. The summed E-state index contributed by atoms with van der Waals surface area (Å²) in [5, 5.41) is 0. The Balaban J connectivity index is 4.47. The Morgan fingerprint density at radius 1 is 0.266 bits per heavy atom. The normalized spacial score (nSPS) is 13.4. The second kappa shape index (κ2) is 65.0. The zero-order valence-corrected chi connectivity index (χ0v) is 50.3. The first-order valence-electron chi connectivity index (χ1n) is 31.3. The Bertz CT molecular complexity index is 1870. The number of esters is 3. The van der Waals surface area contributed by atoms with E-state index in [-0.39, 0.29) is 38.0 Å². The largest absolute Gasteiger partial charge is 0.462 e. The number of carbonyl (C=O) groups excluding carboxylic acids is 3. The number of hydrogen-bond acceptors (Lipinski definition) is 6. The predicted molar refractivity (Wildman–Crippen MR) is 343 cm³/mol. The summed E-state index contributed by atoms with van der Waals surface area (Å²) < 4.78 is 16.8. The Kier molecular flexibility index (Phi) is 60.5. The number of ether oxygens (including phenoxy) is 3. The molecule has 0 N–H and O–H groups in total. The number of hydrogen-bond donors (Lipinski definition) is 0. The molecule has 1 unspecified atom stereocenters. The van der Waals surface area contributed by atoms with Crippen LogP contribution in [0.5, 0.6) is 0 Å². The molecule has 0 rings (SSSR count). The van der Waals surface area contributed by atoms with Crippen LogP contribution in [0.2, 0.25) is 0 Å². The van der Waals surface area contributed by atoms with E-state index in [2.05, 4.69) is 191 Å². The zero-order chi connectivity index (χ0) is 57.1.